The summed E-state index contributed by atoms with van der Waals surface area (Å²) in [6, 6.07) is 5.50. The Bertz CT molecular complexity index is 352. The molecule has 0 spiro atoms. The van der Waals surface area contributed by atoms with Crippen LogP contribution in [0.2, 0.25) is 0 Å². The molecule has 0 saturated carbocycles. The summed E-state index contributed by atoms with van der Waals surface area (Å²) >= 11 is 3.41. The molecule has 1 aromatic rings. The zero-order valence-electron chi connectivity index (χ0n) is 8.17. The fourth-order valence-electron chi connectivity index (χ4n) is 1.04. The zero-order valence-corrected chi connectivity index (χ0v) is 9.76. The highest BCUT2D eigenvalue weighted by Gasteiger charge is 2.09. The topological polar surface area (TPSA) is 55.1 Å². The Balaban J connectivity index is 2.82. The van der Waals surface area contributed by atoms with Gasteiger partial charge in [-0.05, 0) is 47.5 Å². The van der Waals surface area contributed by atoms with Crippen molar-refractivity contribution in [3.63, 3.8) is 0 Å². The van der Waals surface area contributed by atoms with Gasteiger partial charge in [-0.2, -0.15) is 0 Å². The maximum absolute atomic E-state index is 10.8. The number of primary amides is 1. The van der Waals surface area contributed by atoms with Gasteiger partial charge in [0.25, 0.3) is 0 Å². The van der Waals surface area contributed by atoms with E-state index in [1.165, 1.54) is 0 Å². The Labute approximate surface area is 91.8 Å². The van der Waals surface area contributed by atoms with E-state index in [4.69, 9.17) is 5.73 Å². The lowest BCUT2D eigenvalue weighted by Gasteiger charge is -2.13. The van der Waals surface area contributed by atoms with Crippen LogP contribution in [0.3, 0.4) is 0 Å². The minimum absolute atomic E-state index is 0.363. The van der Waals surface area contributed by atoms with Gasteiger partial charge in [0, 0.05) is 10.2 Å². The van der Waals surface area contributed by atoms with Gasteiger partial charge in [-0.1, -0.05) is 6.07 Å². The molecule has 1 atom stereocenters. The van der Waals surface area contributed by atoms with Crippen LogP contribution in [-0.2, 0) is 4.79 Å². The number of nitrogens with one attached hydrogen (secondary N) is 1. The molecule has 3 N–H and O–H groups in total. The minimum atomic E-state index is -0.367. The van der Waals surface area contributed by atoms with E-state index >= 15 is 0 Å². The molecule has 4 heteroatoms. The summed E-state index contributed by atoms with van der Waals surface area (Å²) in [6.45, 7) is 3.74. The van der Waals surface area contributed by atoms with Gasteiger partial charge in [-0.3, -0.25) is 4.79 Å². The highest BCUT2D eigenvalue weighted by atomic mass is 79.9. The van der Waals surface area contributed by atoms with Crippen LogP contribution in [0.1, 0.15) is 12.5 Å². The summed E-state index contributed by atoms with van der Waals surface area (Å²) < 4.78 is 0.936. The molecule has 0 heterocycles. The molecule has 14 heavy (non-hydrogen) atoms. The van der Waals surface area contributed by atoms with E-state index in [9.17, 15) is 4.79 Å². The third-order valence-electron chi connectivity index (χ3n) is 1.92. The van der Waals surface area contributed by atoms with Gasteiger partial charge >= 0.3 is 0 Å². The van der Waals surface area contributed by atoms with E-state index < -0.39 is 0 Å². The van der Waals surface area contributed by atoms with Crippen LogP contribution in [0.15, 0.2) is 22.7 Å². The van der Waals surface area contributed by atoms with Crippen molar-refractivity contribution >= 4 is 27.5 Å². The second-order valence-electron chi connectivity index (χ2n) is 3.25. The second kappa shape index (κ2) is 4.46. The molecule has 0 radical (unpaired) electrons. The predicted molar refractivity (Wildman–Crippen MR) is 61.2 cm³/mol. The molecule has 0 aromatic heterocycles. The number of hydrogen-bond donors (Lipinski definition) is 2. The fourth-order valence-corrected chi connectivity index (χ4v) is 1.65. The first kappa shape index (κ1) is 11.0. The van der Waals surface area contributed by atoms with Crippen molar-refractivity contribution in [1.82, 2.24) is 0 Å². The number of aryl methyl sites for hydroxylation is 1. The first-order valence-corrected chi connectivity index (χ1v) is 5.12. The molecule has 0 bridgehead atoms. The quantitative estimate of drug-likeness (QED) is 0.870. The monoisotopic (exact) mass is 256 g/mol. The lowest BCUT2D eigenvalue weighted by Crippen LogP contribution is -2.32. The van der Waals surface area contributed by atoms with Crippen LogP contribution in [-0.4, -0.2) is 11.9 Å². The lowest BCUT2D eigenvalue weighted by atomic mass is 10.2. The van der Waals surface area contributed by atoms with Crippen LogP contribution >= 0.6 is 15.9 Å². The number of halogens is 1. The van der Waals surface area contributed by atoms with Crippen LogP contribution in [0.25, 0.3) is 0 Å². The van der Waals surface area contributed by atoms with Crippen molar-refractivity contribution in [1.29, 1.82) is 0 Å². The van der Waals surface area contributed by atoms with Crippen molar-refractivity contribution < 1.29 is 4.79 Å². The second-order valence-corrected chi connectivity index (χ2v) is 4.11. The average molecular weight is 257 g/mol. The van der Waals surface area contributed by atoms with Crippen LogP contribution < -0.4 is 11.1 Å². The van der Waals surface area contributed by atoms with E-state index in [0.717, 1.165) is 15.7 Å². The molecule has 0 aliphatic carbocycles. The summed E-state index contributed by atoms with van der Waals surface area (Å²) in [5, 5.41) is 3.02. The van der Waals surface area contributed by atoms with Crippen LogP contribution in [0, 0.1) is 6.92 Å². The van der Waals surface area contributed by atoms with E-state index in [1.54, 1.807) is 6.92 Å². The van der Waals surface area contributed by atoms with E-state index in [0.29, 0.717) is 0 Å². The SMILES string of the molecule is Cc1ccc(NC(C)C(N)=O)c(Br)c1. The summed E-state index contributed by atoms with van der Waals surface area (Å²) in [4.78, 5) is 10.8. The number of anilines is 1. The Morgan fingerprint density at radius 3 is 2.71 bits per heavy atom. The summed E-state index contributed by atoms with van der Waals surface area (Å²) in [5.74, 6) is -0.363. The van der Waals surface area contributed by atoms with Crippen LogP contribution in [0.4, 0.5) is 5.69 Å². The smallest absolute Gasteiger partial charge is 0.239 e. The Hall–Kier alpha value is -1.03. The zero-order chi connectivity index (χ0) is 10.7. The van der Waals surface area contributed by atoms with Gasteiger partial charge in [0.15, 0.2) is 0 Å². The van der Waals surface area contributed by atoms with Gasteiger partial charge in [-0.25, -0.2) is 0 Å². The molecule has 0 aliphatic heterocycles. The molecule has 0 fully saturated rings. The van der Waals surface area contributed by atoms with E-state index in [1.807, 2.05) is 25.1 Å². The molecular formula is C10H13BrN2O. The van der Waals surface area contributed by atoms with Gasteiger partial charge in [-0.15, -0.1) is 0 Å². The van der Waals surface area contributed by atoms with Crippen LogP contribution in [0.5, 0.6) is 0 Å². The molecular weight excluding hydrogens is 244 g/mol. The molecule has 1 aromatic carbocycles. The Kier molecular flexibility index (Phi) is 3.52. The highest BCUT2D eigenvalue weighted by molar-refractivity contribution is 9.10. The normalized spacial score (nSPS) is 12.2. The molecule has 0 saturated heterocycles. The lowest BCUT2D eigenvalue weighted by molar-refractivity contribution is -0.118. The van der Waals surface area contributed by atoms with Crippen molar-refractivity contribution in [2.24, 2.45) is 5.73 Å². The fraction of sp³-hybridized carbons (Fsp3) is 0.300. The Morgan fingerprint density at radius 2 is 2.21 bits per heavy atom. The average Bonchev–Trinajstić information content (AvgIpc) is 2.09. The summed E-state index contributed by atoms with van der Waals surface area (Å²) in [7, 11) is 0. The van der Waals surface area contributed by atoms with Crippen molar-refractivity contribution in [3.8, 4) is 0 Å². The maximum Gasteiger partial charge on any atom is 0.239 e. The first-order valence-electron chi connectivity index (χ1n) is 4.32. The first-order chi connectivity index (χ1) is 6.50. The van der Waals surface area contributed by atoms with Gasteiger partial charge in [0.2, 0.25) is 5.91 Å². The van der Waals surface area contributed by atoms with Gasteiger partial charge in [0.1, 0.15) is 6.04 Å². The summed E-state index contributed by atoms with van der Waals surface area (Å²) in [5.41, 5.74) is 7.19. The largest absolute Gasteiger partial charge is 0.373 e. The Morgan fingerprint density at radius 1 is 1.57 bits per heavy atom. The van der Waals surface area contributed by atoms with E-state index in [-0.39, 0.29) is 11.9 Å². The van der Waals surface area contributed by atoms with Crippen molar-refractivity contribution in [2.75, 3.05) is 5.32 Å². The standard InChI is InChI=1S/C10H13BrN2O/c1-6-3-4-9(8(11)5-6)13-7(2)10(12)14/h3-5,7,13H,1-2H3,(H2,12,14). The van der Waals surface area contributed by atoms with Gasteiger partial charge < -0.3 is 11.1 Å². The van der Waals surface area contributed by atoms with Gasteiger partial charge in [0.05, 0.1) is 0 Å². The number of carbonyl (C=O) groups is 1. The third kappa shape index (κ3) is 2.73. The molecule has 1 rings (SSSR count). The number of hydrogen-bond acceptors (Lipinski definition) is 2. The molecule has 76 valence electrons. The number of rotatable bonds is 3. The number of nitrogens with two attached hydrogens (primary N) is 1. The third-order valence-corrected chi connectivity index (χ3v) is 2.58. The molecule has 1 amide bonds. The number of amides is 1. The van der Waals surface area contributed by atoms with E-state index in [2.05, 4.69) is 21.2 Å². The number of benzene rings is 1. The minimum Gasteiger partial charge on any atom is -0.373 e. The summed E-state index contributed by atoms with van der Waals surface area (Å²) in [6.07, 6.45) is 0. The highest BCUT2D eigenvalue weighted by Crippen LogP contribution is 2.23. The van der Waals surface area contributed by atoms with Crippen molar-refractivity contribution in [2.45, 2.75) is 19.9 Å². The number of carbonyl (C=O) groups excluding carboxylic acids is 1. The molecule has 1 unspecified atom stereocenters. The predicted octanol–water partition coefficient (Wildman–Crippen LogP) is 2.04. The maximum atomic E-state index is 10.8. The van der Waals surface area contributed by atoms with Crippen molar-refractivity contribution in [3.05, 3.63) is 28.2 Å². The molecule has 0 aliphatic rings. The molecule has 3 nitrogen and oxygen atoms in total.